The van der Waals surface area contributed by atoms with Crippen LogP contribution in [0.3, 0.4) is 0 Å². The van der Waals surface area contributed by atoms with Gasteiger partial charge in [-0.25, -0.2) is 8.42 Å². The van der Waals surface area contributed by atoms with Gasteiger partial charge in [0.25, 0.3) is 0 Å². The molecule has 7 nitrogen and oxygen atoms in total. The molecule has 1 saturated heterocycles. The molecule has 2 aromatic rings. The zero-order valence-corrected chi connectivity index (χ0v) is 19.0. The SMILES string of the molecule is CCCCOc1ccc(S(=O)(=O)N2CCN(Cc3ccc4c(c3)OCO4)CC2)cc1C. The first-order valence-corrected chi connectivity index (χ1v) is 12.3. The van der Waals surface area contributed by atoms with Crippen molar-refractivity contribution in [1.29, 1.82) is 0 Å². The van der Waals surface area contributed by atoms with Crippen molar-refractivity contribution < 1.29 is 22.6 Å². The second-order valence-corrected chi connectivity index (χ2v) is 9.94. The van der Waals surface area contributed by atoms with Crippen LogP contribution in [0, 0.1) is 6.92 Å². The van der Waals surface area contributed by atoms with Gasteiger partial charge in [-0.05, 0) is 54.8 Å². The van der Waals surface area contributed by atoms with E-state index < -0.39 is 10.0 Å². The lowest BCUT2D eigenvalue weighted by atomic mass is 10.2. The second kappa shape index (κ2) is 9.46. The van der Waals surface area contributed by atoms with Crippen molar-refractivity contribution in [3.05, 3.63) is 47.5 Å². The summed E-state index contributed by atoms with van der Waals surface area (Å²) in [5.74, 6) is 2.30. The van der Waals surface area contributed by atoms with E-state index in [1.54, 1.807) is 22.5 Å². The van der Waals surface area contributed by atoms with Crippen LogP contribution in [0.1, 0.15) is 30.9 Å². The van der Waals surface area contributed by atoms with Crippen molar-refractivity contribution >= 4 is 10.0 Å². The normalized spacial score (nSPS) is 17.1. The van der Waals surface area contributed by atoms with E-state index in [4.69, 9.17) is 14.2 Å². The van der Waals surface area contributed by atoms with Crippen LogP contribution in [-0.2, 0) is 16.6 Å². The summed E-state index contributed by atoms with van der Waals surface area (Å²) in [5.41, 5.74) is 1.98. The third kappa shape index (κ3) is 4.97. The molecule has 168 valence electrons. The fourth-order valence-corrected chi connectivity index (χ4v) is 5.35. The number of ether oxygens (including phenoxy) is 3. The summed E-state index contributed by atoms with van der Waals surface area (Å²) in [7, 11) is -3.52. The Balaban J connectivity index is 1.36. The van der Waals surface area contributed by atoms with Gasteiger partial charge in [-0.1, -0.05) is 19.4 Å². The van der Waals surface area contributed by atoms with Gasteiger partial charge in [-0.2, -0.15) is 4.31 Å². The summed E-state index contributed by atoms with van der Waals surface area (Å²) in [5, 5.41) is 0. The summed E-state index contributed by atoms with van der Waals surface area (Å²) in [6.07, 6.45) is 2.04. The van der Waals surface area contributed by atoms with Crippen LogP contribution >= 0.6 is 0 Å². The summed E-state index contributed by atoms with van der Waals surface area (Å²) in [6, 6.07) is 11.1. The first kappa shape index (κ1) is 21.9. The highest BCUT2D eigenvalue weighted by atomic mass is 32.2. The molecule has 0 aromatic heterocycles. The number of unbranched alkanes of at least 4 members (excludes halogenated alkanes) is 1. The van der Waals surface area contributed by atoms with E-state index in [2.05, 4.69) is 11.8 Å². The predicted octanol–water partition coefficient (Wildman–Crippen LogP) is 3.41. The Kier molecular flexibility index (Phi) is 6.69. The number of rotatable bonds is 8. The molecule has 4 rings (SSSR count). The Morgan fingerprint density at radius 1 is 1.00 bits per heavy atom. The predicted molar refractivity (Wildman–Crippen MR) is 118 cm³/mol. The molecular formula is C23H30N2O5S. The van der Waals surface area contributed by atoms with Crippen LogP contribution in [0.4, 0.5) is 0 Å². The topological polar surface area (TPSA) is 68.3 Å². The molecule has 1 fully saturated rings. The van der Waals surface area contributed by atoms with Crippen LogP contribution in [0.15, 0.2) is 41.3 Å². The molecule has 0 spiro atoms. The lowest BCUT2D eigenvalue weighted by molar-refractivity contribution is 0.173. The highest BCUT2D eigenvalue weighted by Crippen LogP contribution is 2.33. The van der Waals surface area contributed by atoms with Gasteiger partial charge >= 0.3 is 0 Å². The number of hydrogen-bond donors (Lipinski definition) is 0. The molecule has 2 aliphatic heterocycles. The van der Waals surface area contributed by atoms with E-state index in [9.17, 15) is 8.42 Å². The van der Waals surface area contributed by atoms with E-state index in [-0.39, 0.29) is 6.79 Å². The maximum Gasteiger partial charge on any atom is 0.243 e. The van der Waals surface area contributed by atoms with Crippen molar-refractivity contribution in [3.8, 4) is 17.2 Å². The number of sulfonamides is 1. The van der Waals surface area contributed by atoms with Crippen LogP contribution in [-0.4, -0.2) is 57.2 Å². The monoisotopic (exact) mass is 446 g/mol. The molecule has 0 atom stereocenters. The molecule has 0 amide bonds. The molecule has 0 unspecified atom stereocenters. The van der Waals surface area contributed by atoms with Crippen molar-refractivity contribution in [3.63, 3.8) is 0 Å². The summed E-state index contributed by atoms with van der Waals surface area (Å²) in [4.78, 5) is 2.59. The number of nitrogens with zero attached hydrogens (tertiary/aromatic N) is 2. The van der Waals surface area contributed by atoms with Crippen LogP contribution in [0.2, 0.25) is 0 Å². The van der Waals surface area contributed by atoms with Crippen molar-refractivity contribution in [1.82, 2.24) is 9.21 Å². The van der Waals surface area contributed by atoms with Crippen molar-refractivity contribution in [2.45, 2.75) is 38.1 Å². The minimum Gasteiger partial charge on any atom is -0.493 e. The smallest absolute Gasteiger partial charge is 0.243 e. The highest BCUT2D eigenvalue weighted by molar-refractivity contribution is 7.89. The fraction of sp³-hybridized carbons (Fsp3) is 0.478. The highest BCUT2D eigenvalue weighted by Gasteiger charge is 2.29. The molecule has 0 bridgehead atoms. The van der Waals surface area contributed by atoms with Gasteiger partial charge in [-0.15, -0.1) is 0 Å². The minimum absolute atomic E-state index is 0.265. The maximum absolute atomic E-state index is 13.1. The first-order chi connectivity index (χ1) is 15.0. The Bertz CT molecular complexity index is 1020. The summed E-state index contributed by atoms with van der Waals surface area (Å²) >= 11 is 0. The number of aryl methyl sites for hydroxylation is 1. The average molecular weight is 447 g/mol. The zero-order valence-electron chi connectivity index (χ0n) is 18.2. The third-order valence-corrected chi connectivity index (χ3v) is 7.61. The Labute approximate surface area is 184 Å². The van der Waals surface area contributed by atoms with Crippen LogP contribution in [0.25, 0.3) is 0 Å². The van der Waals surface area contributed by atoms with Crippen molar-refractivity contribution in [2.75, 3.05) is 39.6 Å². The molecule has 0 aliphatic carbocycles. The van der Waals surface area contributed by atoms with Crippen LogP contribution < -0.4 is 14.2 Å². The summed E-state index contributed by atoms with van der Waals surface area (Å²) < 4.78 is 44.4. The van der Waals surface area contributed by atoms with Gasteiger partial charge in [0, 0.05) is 32.7 Å². The largest absolute Gasteiger partial charge is 0.493 e. The first-order valence-electron chi connectivity index (χ1n) is 10.8. The van der Waals surface area contributed by atoms with Crippen molar-refractivity contribution in [2.24, 2.45) is 0 Å². The number of benzene rings is 2. The quantitative estimate of drug-likeness (QED) is 0.579. The zero-order chi connectivity index (χ0) is 21.8. The van der Waals surface area contributed by atoms with E-state index in [0.29, 0.717) is 37.7 Å². The van der Waals surface area contributed by atoms with Gasteiger partial charge < -0.3 is 14.2 Å². The lowest BCUT2D eigenvalue weighted by Gasteiger charge is -2.34. The van der Waals surface area contributed by atoms with Crippen LogP contribution in [0.5, 0.6) is 17.2 Å². The van der Waals surface area contributed by atoms with Gasteiger partial charge in [0.2, 0.25) is 16.8 Å². The number of fused-ring (bicyclic) bond motifs is 1. The van der Waals surface area contributed by atoms with E-state index in [0.717, 1.165) is 47.8 Å². The van der Waals surface area contributed by atoms with Gasteiger partial charge in [0.15, 0.2) is 11.5 Å². The standard InChI is InChI=1S/C23H30N2O5S/c1-3-4-13-28-21-8-6-20(14-18(21)2)31(26,27)25-11-9-24(10-12-25)16-19-5-7-22-23(15-19)30-17-29-22/h5-8,14-15H,3-4,9-13,16-17H2,1-2H3. The summed E-state index contributed by atoms with van der Waals surface area (Å²) in [6.45, 7) is 7.99. The second-order valence-electron chi connectivity index (χ2n) is 8.00. The Morgan fingerprint density at radius 2 is 1.77 bits per heavy atom. The molecule has 2 heterocycles. The molecular weight excluding hydrogens is 416 g/mol. The van der Waals surface area contributed by atoms with E-state index in [1.165, 1.54) is 0 Å². The molecule has 31 heavy (non-hydrogen) atoms. The minimum atomic E-state index is -3.52. The lowest BCUT2D eigenvalue weighted by Crippen LogP contribution is -2.48. The molecule has 2 aliphatic rings. The van der Waals surface area contributed by atoms with E-state index >= 15 is 0 Å². The maximum atomic E-state index is 13.1. The molecule has 0 N–H and O–H groups in total. The van der Waals surface area contributed by atoms with Gasteiger partial charge in [-0.3, -0.25) is 4.90 Å². The number of hydrogen-bond acceptors (Lipinski definition) is 6. The molecule has 2 aromatic carbocycles. The molecule has 8 heteroatoms. The van der Waals surface area contributed by atoms with E-state index in [1.807, 2.05) is 25.1 Å². The average Bonchev–Trinajstić information content (AvgIpc) is 3.23. The Morgan fingerprint density at radius 3 is 2.52 bits per heavy atom. The third-order valence-electron chi connectivity index (χ3n) is 5.71. The molecule has 0 saturated carbocycles. The van der Waals surface area contributed by atoms with Gasteiger partial charge in [0.1, 0.15) is 5.75 Å². The number of piperazine rings is 1. The Hall–Kier alpha value is -2.29. The molecule has 0 radical (unpaired) electrons. The van der Waals surface area contributed by atoms with Gasteiger partial charge in [0.05, 0.1) is 11.5 Å². The fourth-order valence-electron chi connectivity index (χ4n) is 3.85.